The van der Waals surface area contributed by atoms with Crippen molar-refractivity contribution in [3.8, 4) is 0 Å². The Kier molecular flexibility index (Phi) is 5.26. The highest BCUT2D eigenvalue weighted by molar-refractivity contribution is 8.15. The number of halogens is 1. The van der Waals surface area contributed by atoms with Crippen LogP contribution in [0.25, 0.3) is 0 Å². The summed E-state index contributed by atoms with van der Waals surface area (Å²) in [7, 11) is -3.43. The molecule has 32 heavy (non-hydrogen) atoms. The summed E-state index contributed by atoms with van der Waals surface area (Å²) in [6.07, 6.45) is 0.607. The lowest BCUT2D eigenvalue weighted by Crippen LogP contribution is -2.35. The molecule has 3 heterocycles. The average Bonchev–Trinajstić information content (AvgIpc) is 3.26. The number of aryl methyl sites for hydroxylation is 1. The number of hydrogen-bond donors (Lipinski definition) is 1. The number of thioether (sulfide) groups is 1. The van der Waals surface area contributed by atoms with Crippen LogP contribution in [0, 0.1) is 12.7 Å². The largest absolute Gasteiger partial charge is 0.318 e. The van der Waals surface area contributed by atoms with Gasteiger partial charge < -0.3 is 4.90 Å². The minimum absolute atomic E-state index is 0.0254. The highest BCUT2D eigenvalue weighted by Gasteiger charge is 2.33. The first-order chi connectivity index (χ1) is 15.3. The molecule has 5 rings (SSSR count). The van der Waals surface area contributed by atoms with Crippen LogP contribution in [0.4, 0.5) is 15.2 Å². The van der Waals surface area contributed by atoms with Gasteiger partial charge in [-0.2, -0.15) is 0 Å². The number of anilines is 2. The molecule has 0 spiro atoms. The van der Waals surface area contributed by atoms with Crippen molar-refractivity contribution in [2.75, 3.05) is 22.5 Å². The van der Waals surface area contributed by atoms with Gasteiger partial charge in [-0.1, -0.05) is 12.1 Å². The van der Waals surface area contributed by atoms with Crippen LogP contribution in [0.3, 0.4) is 0 Å². The molecular formula is C21H17FN4O3S3. The van der Waals surface area contributed by atoms with Gasteiger partial charge in [-0.15, -0.1) is 15.7 Å². The molecule has 0 radical (unpaired) electrons. The number of nitrogens with one attached hydrogen (secondary N) is 1. The molecule has 2 aromatic carbocycles. The zero-order valence-electron chi connectivity index (χ0n) is 16.8. The number of carbonyl (C=O) groups is 1. The van der Waals surface area contributed by atoms with Gasteiger partial charge in [0.25, 0.3) is 15.9 Å². The van der Waals surface area contributed by atoms with Crippen LogP contribution in [-0.4, -0.2) is 36.8 Å². The van der Waals surface area contributed by atoms with Crippen molar-refractivity contribution in [2.45, 2.75) is 18.2 Å². The van der Waals surface area contributed by atoms with E-state index in [1.54, 1.807) is 24.3 Å². The second-order valence-electron chi connectivity index (χ2n) is 7.38. The van der Waals surface area contributed by atoms with E-state index >= 15 is 0 Å². The van der Waals surface area contributed by atoms with Crippen molar-refractivity contribution >= 4 is 55.0 Å². The van der Waals surface area contributed by atoms with Crippen molar-refractivity contribution in [3.63, 3.8) is 0 Å². The Labute approximate surface area is 192 Å². The number of nitrogens with zero attached hydrogens (tertiary/aromatic N) is 3. The Morgan fingerprint density at radius 3 is 2.78 bits per heavy atom. The molecule has 0 atom stereocenters. The molecule has 1 aromatic heterocycles. The summed E-state index contributed by atoms with van der Waals surface area (Å²) in [6.45, 7) is 2.23. The SMILES string of the molecule is Cc1nc(NC(=O)c2ccc3c(c2)SC2=NS(=O)(=O)CCN23)sc1Cc1ccc(F)cc1. The van der Waals surface area contributed by atoms with Gasteiger partial charge in [-0.25, -0.2) is 17.8 Å². The van der Waals surface area contributed by atoms with Crippen LogP contribution in [-0.2, 0) is 16.4 Å². The van der Waals surface area contributed by atoms with Gasteiger partial charge in [0.2, 0.25) is 0 Å². The van der Waals surface area contributed by atoms with Crippen molar-refractivity contribution in [1.29, 1.82) is 0 Å². The Morgan fingerprint density at radius 1 is 1.22 bits per heavy atom. The lowest BCUT2D eigenvalue weighted by molar-refractivity contribution is 0.102. The maximum Gasteiger partial charge on any atom is 0.257 e. The molecule has 0 saturated carbocycles. The summed E-state index contributed by atoms with van der Waals surface area (Å²) in [6, 6.07) is 11.6. The van der Waals surface area contributed by atoms with Crippen LogP contribution in [0.5, 0.6) is 0 Å². The lowest BCUT2D eigenvalue weighted by atomic mass is 10.1. The molecule has 0 bridgehead atoms. The van der Waals surface area contributed by atoms with E-state index in [0.29, 0.717) is 28.8 Å². The predicted octanol–water partition coefficient (Wildman–Crippen LogP) is 4.05. The predicted molar refractivity (Wildman–Crippen MR) is 125 cm³/mol. The summed E-state index contributed by atoms with van der Waals surface area (Å²) in [5, 5.41) is 3.75. The summed E-state index contributed by atoms with van der Waals surface area (Å²) < 4.78 is 40.5. The Bertz CT molecular complexity index is 1370. The number of aromatic nitrogens is 1. The van der Waals surface area contributed by atoms with E-state index < -0.39 is 10.0 Å². The van der Waals surface area contributed by atoms with Gasteiger partial charge >= 0.3 is 0 Å². The second-order valence-corrected chi connectivity index (χ2v) is 11.2. The molecule has 2 aliphatic heterocycles. The molecule has 3 aromatic rings. The number of fused-ring (bicyclic) bond motifs is 3. The third-order valence-corrected chi connectivity index (χ3v) is 8.51. The van der Waals surface area contributed by atoms with Gasteiger partial charge in [-0.3, -0.25) is 10.1 Å². The normalized spacial score (nSPS) is 16.3. The zero-order chi connectivity index (χ0) is 22.5. The third kappa shape index (κ3) is 4.15. The Balaban J connectivity index is 1.32. The molecule has 0 saturated heterocycles. The van der Waals surface area contributed by atoms with Gasteiger partial charge in [0.1, 0.15) is 5.82 Å². The minimum Gasteiger partial charge on any atom is -0.318 e. The van der Waals surface area contributed by atoms with E-state index in [2.05, 4.69) is 14.7 Å². The summed E-state index contributed by atoms with van der Waals surface area (Å²) >= 11 is 2.63. The Hall–Kier alpha value is -2.76. The van der Waals surface area contributed by atoms with Crippen molar-refractivity contribution in [1.82, 2.24) is 4.98 Å². The first-order valence-electron chi connectivity index (χ1n) is 9.71. The number of rotatable bonds is 4. The van der Waals surface area contributed by atoms with Crippen molar-refractivity contribution < 1.29 is 17.6 Å². The molecule has 0 unspecified atom stereocenters. The van der Waals surface area contributed by atoms with Crippen LogP contribution < -0.4 is 10.2 Å². The van der Waals surface area contributed by atoms with Gasteiger partial charge in [-0.05, 0) is 54.6 Å². The van der Waals surface area contributed by atoms with E-state index in [1.165, 1.54) is 35.2 Å². The summed E-state index contributed by atoms with van der Waals surface area (Å²) in [5.74, 6) is -0.600. The zero-order valence-corrected chi connectivity index (χ0v) is 19.3. The molecule has 1 N–H and O–H groups in total. The van der Waals surface area contributed by atoms with E-state index in [9.17, 15) is 17.6 Å². The van der Waals surface area contributed by atoms with E-state index in [0.717, 1.165) is 26.7 Å². The second kappa shape index (κ2) is 7.98. The topological polar surface area (TPSA) is 91.7 Å². The molecular weight excluding hydrogens is 471 g/mol. The van der Waals surface area contributed by atoms with Crippen LogP contribution in [0.15, 0.2) is 51.8 Å². The van der Waals surface area contributed by atoms with Crippen molar-refractivity contribution in [2.24, 2.45) is 4.40 Å². The van der Waals surface area contributed by atoms with E-state index in [1.807, 2.05) is 17.9 Å². The number of sulfonamides is 1. The molecule has 2 aliphatic rings. The number of amidine groups is 1. The number of hydrogen-bond acceptors (Lipinski definition) is 7. The fourth-order valence-corrected chi connectivity index (χ4v) is 6.76. The molecule has 0 fully saturated rings. The molecule has 11 heteroatoms. The maximum absolute atomic E-state index is 13.1. The fraction of sp³-hybridized carbons (Fsp3) is 0.190. The summed E-state index contributed by atoms with van der Waals surface area (Å²) in [5.41, 5.74) is 3.09. The fourth-order valence-electron chi connectivity index (χ4n) is 3.47. The number of thiazole rings is 1. The number of carbonyl (C=O) groups excluding carboxylic acids is 1. The number of amides is 1. The summed E-state index contributed by atoms with van der Waals surface area (Å²) in [4.78, 5) is 20.9. The Morgan fingerprint density at radius 2 is 2.00 bits per heavy atom. The van der Waals surface area contributed by atoms with Crippen molar-refractivity contribution in [3.05, 3.63) is 70.0 Å². The quantitative estimate of drug-likeness (QED) is 0.596. The smallest absolute Gasteiger partial charge is 0.257 e. The molecule has 1 amide bonds. The van der Waals surface area contributed by atoms with Gasteiger partial charge in [0.15, 0.2) is 10.3 Å². The van der Waals surface area contributed by atoms with Gasteiger partial charge in [0.05, 0.1) is 17.1 Å². The first-order valence-corrected chi connectivity index (χ1v) is 13.0. The molecule has 0 aliphatic carbocycles. The van der Waals surface area contributed by atoms with E-state index in [-0.39, 0.29) is 17.5 Å². The van der Waals surface area contributed by atoms with Crippen LogP contribution in [0.1, 0.15) is 26.5 Å². The lowest BCUT2D eigenvalue weighted by Gasteiger charge is -2.22. The number of benzene rings is 2. The minimum atomic E-state index is -3.43. The van der Waals surface area contributed by atoms with Gasteiger partial charge in [0, 0.05) is 28.3 Å². The molecule has 164 valence electrons. The monoisotopic (exact) mass is 488 g/mol. The maximum atomic E-state index is 13.1. The molecule has 7 nitrogen and oxygen atoms in total. The third-order valence-electron chi connectivity index (χ3n) is 5.13. The van der Waals surface area contributed by atoms with Crippen LogP contribution in [0.2, 0.25) is 0 Å². The first kappa shape index (κ1) is 21.1. The standard InChI is InChI=1S/C21H17FN4O3S3/c1-12-17(10-13-2-5-15(22)6-3-13)30-20(23-12)24-19(27)14-4-7-16-18(11-14)31-21-25-32(28,29)9-8-26(16)21/h2-7,11H,8-10H2,1H3,(H,23,24,27). The average molecular weight is 489 g/mol. The van der Waals surface area contributed by atoms with E-state index in [4.69, 9.17) is 0 Å². The highest BCUT2D eigenvalue weighted by Crippen LogP contribution is 2.42. The highest BCUT2D eigenvalue weighted by atomic mass is 32.2. The van der Waals surface area contributed by atoms with Crippen LogP contribution >= 0.6 is 23.1 Å².